The second-order valence-electron chi connectivity index (χ2n) is 20.3. The largest absolute Gasteiger partial charge is 0.311 e. The van der Waals surface area contributed by atoms with Crippen LogP contribution in [-0.2, 0) is 5.41 Å². The van der Waals surface area contributed by atoms with Crippen molar-refractivity contribution in [2.75, 3.05) is 9.80 Å². The minimum absolute atomic E-state index is 0.0421. The minimum Gasteiger partial charge on any atom is -0.311 e. The predicted octanol–water partition coefficient (Wildman–Crippen LogP) is 11.8. The Kier molecular flexibility index (Phi) is 9.03. The van der Waals surface area contributed by atoms with Gasteiger partial charge in [0, 0.05) is 44.9 Å². The highest BCUT2D eigenvalue weighted by Gasteiger charge is 2.51. The van der Waals surface area contributed by atoms with Crippen LogP contribution in [0.1, 0.15) is 26.3 Å². The van der Waals surface area contributed by atoms with E-state index in [0.29, 0.717) is 0 Å². The van der Waals surface area contributed by atoms with Gasteiger partial charge in [-0.25, -0.2) is 8.78 Å². The van der Waals surface area contributed by atoms with Crippen LogP contribution >= 0.6 is 0 Å². The molecule has 3 aliphatic rings. The lowest BCUT2D eigenvalue weighted by molar-refractivity contribution is 0.591. The molecule has 0 radical (unpaired) electrons. The van der Waals surface area contributed by atoms with E-state index in [-0.39, 0.29) is 23.8 Å². The monoisotopic (exact) mass is 933 g/mol. The molecule has 0 saturated heterocycles. The molecule has 0 atom stereocenters. The molecule has 1 aromatic heterocycles. The quantitative estimate of drug-likeness (QED) is 0.159. The molecule has 71 heavy (non-hydrogen) atoms. The Hall–Kier alpha value is -8.26. The highest BCUT2D eigenvalue weighted by Crippen LogP contribution is 2.47. The molecule has 0 bridgehead atoms. The van der Waals surface area contributed by atoms with E-state index in [1.54, 1.807) is 12.1 Å². The van der Waals surface area contributed by atoms with Gasteiger partial charge >= 0.3 is 0 Å². The van der Waals surface area contributed by atoms with E-state index < -0.39 is 8.07 Å². The van der Waals surface area contributed by atoms with Gasteiger partial charge in [0.05, 0.1) is 16.7 Å². The van der Waals surface area contributed by atoms with Crippen LogP contribution in [0.3, 0.4) is 0 Å². The van der Waals surface area contributed by atoms with Gasteiger partial charge in [0.1, 0.15) is 11.6 Å². The number of halogens is 2. The molecule has 4 heterocycles. The number of rotatable bonds is 5. The van der Waals surface area contributed by atoms with Gasteiger partial charge in [0.2, 0.25) is 0 Å². The molecule has 3 nitrogen and oxygen atoms in total. The van der Waals surface area contributed by atoms with Crippen LogP contribution in [0, 0.1) is 11.6 Å². The first-order valence-corrected chi connectivity index (χ1v) is 26.5. The van der Waals surface area contributed by atoms with E-state index in [9.17, 15) is 4.39 Å². The van der Waals surface area contributed by atoms with Gasteiger partial charge in [-0.15, -0.1) is 0 Å². The third kappa shape index (κ3) is 5.99. The molecule has 14 rings (SSSR count). The van der Waals surface area contributed by atoms with E-state index in [1.807, 2.05) is 18.2 Å². The molecule has 0 amide bonds. The summed E-state index contributed by atoms with van der Waals surface area (Å²) >= 11 is 0. The highest BCUT2D eigenvalue weighted by molar-refractivity contribution is 7.22. The van der Waals surface area contributed by atoms with Crippen molar-refractivity contribution >= 4 is 108 Å². The van der Waals surface area contributed by atoms with Crippen molar-refractivity contribution < 1.29 is 8.78 Å². The first-order chi connectivity index (χ1) is 34.7. The van der Waals surface area contributed by atoms with E-state index in [4.69, 9.17) is 0 Å². The summed E-state index contributed by atoms with van der Waals surface area (Å²) in [6, 6.07) is 79.1. The molecular weight excluding hydrogens is 888 g/mol. The first-order valence-electron chi connectivity index (χ1n) is 24.5. The lowest BCUT2D eigenvalue weighted by atomic mass is 9.33. The summed E-state index contributed by atoms with van der Waals surface area (Å²) in [5, 5.41) is 7.69. The molecule has 7 heteroatoms. The van der Waals surface area contributed by atoms with Crippen LogP contribution in [0.4, 0.5) is 42.9 Å². The smallest absolute Gasteiger partial charge is 0.252 e. The maximum Gasteiger partial charge on any atom is 0.252 e. The fourth-order valence-electron chi connectivity index (χ4n) is 12.5. The van der Waals surface area contributed by atoms with Crippen molar-refractivity contribution in [3.8, 4) is 16.8 Å². The van der Waals surface area contributed by atoms with Gasteiger partial charge in [-0.1, -0.05) is 154 Å². The van der Waals surface area contributed by atoms with Crippen molar-refractivity contribution in [1.82, 2.24) is 4.57 Å². The molecule has 0 aliphatic carbocycles. The van der Waals surface area contributed by atoms with Crippen LogP contribution in [0.2, 0.25) is 0 Å². The average molecular weight is 934 g/mol. The lowest BCUT2D eigenvalue weighted by Gasteiger charge is -2.45. The van der Waals surface area contributed by atoms with E-state index in [1.165, 1.54) is 60.3 Å². The molecular formula is C64H46BF2N3Si. The van der Waals surface area contributed by atoms with Crippen LogP contribution in [0.5, 0.6) is 0 Å². The molecule has 338 valence electrons. The van der Waals surface area contributed by atoms with Gasteiger partial charge in [-0.2, -0.15) is 0 Å². The Morgan fingerprint density at radius 3 is 1.69 bits per heavy atom. The van der Waals surface area contributed by atoms with E-state index >= 15 is 4.39 Å². The van der Waals surface area contributed by atoms with Gasteiger partial charge in [-0.05, 0) is 150 Å². The van der Waals surface area contributed by atoms with Crippen molar-refractivity contribution in [3.63, 3.8) is 0 Å². The molecule has 10 aromatic carbocycles. The number of hydrogen-bond donors (Lipinski definition) is 0. The van der Waals surface area contributed by atoms with Crippen molar-refractivity contribution in [2.45, 2.75) is 26.2 Å². The number of aromatic nitrogens is 1. The average Bonchev–Trinajstić information content (AvgIpc) is 3.90. The van der Waals surface area contributed by atoms with Crippen molar-refractivity contribution in [1.29, 1.82) is 0 Å². The van der Waals surface area contributed by atoms with E-state index in [2.05, 4.69) is 217 Å². The Morgan fingerprint density at radius 2 is 0.986 bits per heavy atom. The standard InChI is InChI=1S/C64H46BF2N3Si/c1-64(2,3)41-27-33-56-51(35-41)49-23-13-15-25-55(49)70(56)46-37-59-63-60(38-46)69(44-17-7-4-8-18-44)58-39-52-50-24-14-16-26-61(50)71(47-19-9-5-10-20-47,48-21-11-6-12-22-48)62(52)40-54(58)65(63)53-36-43(67)30-34-57(53)68(59)45-31-28-42(66)29-32-45/h4-40H,1-3H3. The van der Waals surface area contributed by atoms with Crippen LogP contribution in [0.15, 0.2) is 224 Å². The number of para-hydroxylation sites is 2. The molecule has 3 aliphatic heterocycles. The zero-order chi connectivity index (χ0) is 47.8. The van der Waals surface area contributed by atoms with Crippen LogP contribution in [-0.4, -0.2) is 19.4 Å². The Balaban J connectivity index is 1.14. The van der Waals surface area contributed by atoms with Gasteiger partial charge in [0.15, 0.2) is 8.07 Å². The van der Waals surface area contributed by atoms with Crippen LogP contribution in [0.25, 0.3) is 38.6 Å². The SMILES string of the molecule is CC(C)(C)c1ccc2c(c1)c1ccccc1n2-c1cc2c3c(c1)N(c1ccccc1)c1cc4c(cc1B3c1cc(F)ccc1N2c1ccc(F)cc1)[Si](c1ccccc1)(c1ccccc1)c1ccccc1-4. The number of benzene rings is 10. The third-order valence-electron chi connectivity index (χ3n) is 15.5. The lowest BCUT2D eigenvalue weighted by Crippen LogP contribution is -2.73. The predicted molar refractivity (Wildman–Crippen MR) is 296 cm³/mol. The third-order valence-corrected chi connectivity index (χ3v) is 20.4. The normalized spacial score (nSPS) is 14.0. The maximum absolute atomic E-state index is 16.3. The summed E-state index contributed by atoms with van der Waals surface area (Å²) in [4.78, 5) is 4.67. The minimum atomic E-state index is -2.95. The molecule has 0 unspecified atom stereocenters. The fourth-order valence-corrected chi connectivity index (χ4v) is 17.7. The van der Waals surface area contributed by atoms with Crippen LogP contribution < -0.4 is 46.9 Å². The topological polar surface area (TPSA) is 11.4 Å². The van der Waals surface area contributed by atoms with Crippen molar-refractivity contribution in [3.05, 3.63) is 242 Å². The zero-order valence-corrected chi connectivity index (χ0v) is 40.5. The summed E-state index contributed by atoms with van der Waals surface area (Å²) in [6.45, 7) is 6.43. The number of nitrogens with zero attached hydrogens (tertiary/aromatic N) is 3. The summed E-state index contributed by atoms with van der Waals surface area (Å²) in [5.41, 5.74) is 15.6. The Bertz CT molecular complexity index is 3920. The molecule has 11 aromatic rings. The fraction of sp³-hybridized carbons (Fsp3) is 0.0625. The Morgan fingerprint density at radius 1 is 0.408 bits per heavy atom. The first kappa shape index (κ1) is 41.7. The number of fused-ring (bicyclic) bond motifs is 10. The van der Waals surface area contributed by atoms with Gasteiger partial charge in [-0.3, -0.25) is 0 Å². The van der Waals surface area contributed by atoms with Gasteiger partial charge in [0.25, 0.3) is 6.71 Å². The molecule has 0 N–H and O–H groups in total. The Labute approximate surface area is 413 Å². The second kappa shape index (κ2) is 15.4. The van der Waals surface area contributed by atoms with Crippen molar-refractivity contribution in [2.24, 2.45) is 0 Å². The number of anilines is 6. The summed E-state index contributed by atoms with van der Waals surface area (Å²) in [5.74, 6) is -0.621. The summed E-state index contributed by atoms with van der Waals surface area (Å²) < 4.78 is 33.7. The molecule has 0 spiro atoms. The van der Waals surface area contributed by atoms with Gasteiger partial charge < -0.3 is 14.4 Å². The zero-order valence-electron chi connectivity index (χ0n) is 39.5. The summed E-state index contributed by atoms with van der Waals surface area (Å²) in [7, 11) is -2.95. The highest BCUT2D eigenvalue weighted by atomic mass is 28.3. The molecule has 0 fully saturated rings. The maximum atomic E-state index is 16.3. The summed E-state index contributed by atoms with van der Waals surface area (Å²) in [6.07, 6.45) is 0. The number of hydrogen-bond acceptors (Lipinski definition) is 2. The second-order valence-corrected chi connectivity index (χ2v) is 24.1. The molecule has 0 saturated carbocycles. The van der Waals surface area contributed by atoms with E-state index in [0.717, 1.165) is 67.2 Å².